The predicted molar refractivity (Wildman–Crippen MR) is 127 cm³/mol. The van der Waals surface area contributed by atoms with E-state index in [1.807, 2.05) is 30.3 Å². The third-order valence-electron chi connectivity index (χ3n) is 6.85. The molecule has 3 fully saturated rings. The Morgan fingerprint density at radius 3 is 2.06 bits per heavy atom. The van der Waals surface area contributed by atoms with Gasteiger partial charge in [0, 0.05) is 5.69 Å². The van der Waals surface area contributed by atoms with Crippen LogP contribution in [0.15, 0.2) is 54.6 Å². The zero-order chi connectivity index (χ0) is 24.7. The van der Waals surface area contributed by atoms with Gasteiger partial charge in [0.05, 0.1) is 22.6 Å². The zero-order valence-corrected chi connectivity index (χ0v) is 19.9. The van der Waals surface area contributed by atoms with E-state index in [9.17, 15) is 19.2 Å². The van der Waals surface area contributed by atoms with Crippen molar-refractivity contribution in [1.82, 2.24) is 4.90 Å². The summed E-state index contributed by atoms with van der Waals surface area (Å²) in [6, 6.07) is 16.0. The SMILES string of the molecule is O=C(COC(=O)CN1C(=O)[C@@H]2[C@H]3C[C@@H]([C@@H](Cl)[C@H]3Cl)[C@H]2C1=O)Nc1ccc(Oc2ccccc2)cc1. The summed E-state index contributed by atoms with van der Waals surface area (Å²) < 4.78 is 10.7. The van der Waals surface area contributed by atoms with Gasteiger partial charge in [0.2, 0.25) is 11.8 Å². The van der Waals surface area contributed by atoms with Gasteiger partial charge in [0.1, 0.15) is 18.0 Å². The minimum atomic E-state index is -0.842. The molecule has 2 aromatic rings. The maximum Gasteiger partial charge on any atom is 0.326 e. The van der Waals surface area contributed by atoms with Gasteiger partial charge in [-0.3, -0.25) is 24.1 Å². The van der Waals surface area contributed by atoms with E-state index in [1.165, 1.54) is 0 Å². The molecule has 182 valence electrons. The number of benzene rings is 2. The normalized spacial score (nSPS) is 28.7. The number of alkyl halides is 2. The molecule has 2 saturated carbocycles. The summed E-state index contributed by atoms with van der Waals surface area (Å²) in [7, 11) is 0. The molecule has 0 unspecified atom stereocenters. The second-order valence-corrected chi connectivity index (χ2v) is 9.92. The number of rotatable bonds is 7. The molecule has 5 rings (SSSR count). The number of amides is 3. The van der Waals surface area contributed by atoms with Gasteiger partial charge in [-0.25, -0.2) is 0 Å². The summed E-state index contributed by atoms with van der Waals surface area (Å²) in [6.45, 7) is -1.09. The molecule has 1 saturated heterocycles. The molecule has 0 aromatic heterocycles. The van der Waals surface area contributed by atoms with Crippen LogP contribution < -0.4 is 10.1 Å². The summed E-state index contributed by atoms with van der Waals surface area (Å²) in [5.41, 5.74) is 0.492. The van der Waals surface area contributed by atoms with Crippen molar-refractivity contribution in [1.29, 1.82) is 0 Å². The van der Waals surface area contributed by atoms with Gasteiger partial charge < -0.3 is 14.8 Å². The number of halogens is 2. The average Bonchev–Trinajstić information content (AvgIpc) is 3.46. The van der Waals surface area contributed by atoms with Crippen molar-refractivity contribution in [2.45, 2.75) is 17.2 Å². The summed E-state index contributed by atoms with van der Waals surface area (Å²) in [5.74, 6) is -2.34. The lowest BCUT2D eigenvalue weighted by Crippen LogP contribution is -2.38. The first-order valence-corrected chi connectivity index (χ1v) is 12.1. The molecule has 0 spiro atoms. The summed E-state index contributed by atoms with van der Waals surface area (Å²) in [4.78, 5) is 51.0. The summed E-state index contributed by atoms with van der Waals surface area (Å²) in [5, 5.41) is 1.88. The Morgan fingerprint density at radius 1 is 0.886 bits per heavy atom. The molecule has 2 aromatic carbocycles. The summed E-state index contributed by atoms with van der Waals surface area (Å²) in [6.07, 6.45) is 0.646. The highest BCUT2D eigenvalue weighted by molar-refractivity contribution is 6.31. The number of anilines is 1. The Hall–Kier alpha value is -3.10. The molecule has 1 N–H and O–H groups in total. The second kappa shape index (κ2) is 9.51. The first-order chi connectivity index (χ1) is 16.8. The van der Waals surface area contributed by atoms with Gasteiger partial charge in [-0.05, 0) is 54.7 Å². The fourth-order valence-electron chi connectivity index (χ4n) is 5.32. The quantitative estimate of drug-likeness (QED) is 0.343. The van der Waals surface area contributed by atoms with Crippen LogP contribution in [0, 0.1) is 23.7 Å². The van der Waals surface area contributed by atoms with Crippen molar-refractivity contribution in [2.75, 3.05) is 18.5 Å². The van der Waals surface area contributed by atoms with E-state index in [-0.39, 0.29) is 22.6 Å². The van der Waals surface area contributed by atoms with E-state index >= 15 is 0 Å². The number of carbonyl (C=O) groups is 4. The van der Waals surface area contributed by atoms with Crippen LogP contribution in [0.25, 0.3) is 0 Å². The maximum absolute atomic E-state index is 12.8. The standard InChI is InChI=1S/C25H22Cl2N2O6/c26-22-16-10-17(23(22)27)21-20(16)24(32)29(25(21)33)11-19(31)34-12-18(30)28-13-6-8-15(9-7-13)35-14-4-2-1-3-5-14/h1-9,16-17,20-23H,10-12H2,(H,28,30)/t16-,17-,20-,21-,22-,23+/m1/s1. The van der Waals surface area contributed by atoms with Crippen LogP contribution in [0.4, 0.5) is 5.69 Å². The topological polar surface area (TPSA) is 102 Å². The highest BCUT2D eigenvalue weighted by atomic mass is 35.5. The van der Waals surface area contributed by atoms with E-state index in [2.05, 4.69) is 5.32 Å². The lowest BCUT2D eigenvalue weighted by molar-refractivity contribution is -0.154. The van der Waals surface area contributed by atoms with Gasteiger partial charge in [0.25, 0.3) is 5.91 Å². The van der Waals surface area contributed by atoms with Crippen LogP contribution >= 0.6 is 23.2 Å². The molecule has 10 heteroatoms. The number of nitrogens with zero attached hydrogens (tertiary/aromatic N) is 1. The third kappa shape index (κ3) is 4.48. The Morgan fingerprint density at radius 2 is 1.46 bits per heavy atom. The maximum atomic E-state index is 12.8. The number of likely N-dealkylation sites (tertiary alicyclic amines) is 1. The number of para-hydroxylation sites is 1. The molecule has 3 aliphatic rings. The molecular formula is C25H22Cl2N2O6. The molecule has 2 aliphatic carbocycles. The van der Waals surface area contributed by atoms with Crippen LogP contribution in [-0.4, -0.2) is 52.5 Å². The number of ether oxygens (including phenoxy) is 2. The van der Waals surface area contributed by atoms with Crippen LogP contribution in [0.1, 0.15) is 6.42 Å². The van der Waals surface area contributed by atoms with Gasteiger partial charge in [-0.2, -0.15) is 0 Å². The second-order valence-electron chi connectivity index (χ2n) is 8.91. The minimum absolute atomic E-state index is 0.165. The Bertz CT molecular complexity index is 1130. The number of fused-ring (bicyclic) bond motifs is 5. The van der Waals surface area contributed by atoms with Gasteiger partial charge in [-0.1, -0.05) is 18.2 Å². The third-order valence-corrected chi connectivity index (χ3v) is 8.17. The number of carbonyl (C=O) groups excluding carboxylic acids is 4. The van der Waals surface area contributed by atoms with Crippen LogP contribution in [-0.2, 0) is 23.9 Å². The van der Waals surface area contributed by atoms with E-state index in [0.29, 0.717) is 23.6 Å². The lowest BCUT2D eigenvalue weighted by Gasteiger charge is -2.28. The molecule has 35 heavy (non-hydrogen) atoms. The van der Waals surface area contributed by atoms with E-state index in [0.717, 1.165) is 4.90 Å². The Balaban J connectivity index is 1.10. The number of hydrogen-bond donors (Lipinski definition) is 1. The fourth-order valence-corrected chi connectivity index (χ4v) is 6.21. The molecule has 2 bridgehead atoms. The van der Waals surface area contributed by atoms with Gasteiger partial charge in [-0.15, -0.1) is 23.2 Å². The zero-order valence-electron chi connectivity index (χ0n) is 18.4. The van der Waals surface area contributed by atoms with Crippen molar-refractivity contribution >= 4 is 52.6 Å². The van der Waals surface area contributed by atoms with Crippen molar-refractivity contribution < 1.29 is 28.7 Å². The van der Waals surface area contributed by atoms with Crippen molar-refractivity contribution in [2.24, 2.45) is 23.7 Å². The van der Waals surface area contributed by atoms with Crippen LogP contribution in [0.2, 0.25) is 0 Å². The smallest absolute Gasteiger partial charge is 0.326 e. The number of hydrogen-bond acceptors (Lipinski definition) is 6. The molecule has 1 aliphatic heterocycles. The van der Waals surface area contributed by atoms with Crippen molar-refractivity contribution in [3.8, 4) is 11.5 Å². The molecule has 0 radical (unpaired) electrons. The van der Waals surface area contributed by atoms with Gasteiger partial charge in [0.15, 0.2) is 6.61 Å². The van der Waals surface area contributed by atoms with Crippen molar-refractivity contribution in [3.05, 3.63) is 54.6 Å². The average molecular weight is 517 g/mol. The highest BCUT2D eigenvalue weighted by Crippen LogP contribution is 2.59. The van der Waals surface area contributed by atoms with Crippen molar-refractivity contribution in [3.63, 3.8) is 0 Å². The Labute approximate surface area is 211 Å². The summed E-state index contributed by atoms with van der Waals surface area (Å²) >= 11 is 12.7. The molecule has 1 heterocycles. The highest BCUT2D eigenvalue weighted by Gasteiger charge is 2.66. The van der Waals surface area contributed by atoms with Crippen LogP contribution in [0.3, 0.4) is 0 Å². The Kier molecular flexibility index (Phi) is 6.42. The molecule has 8 nitrogen and oxygen atoms in total. The molecule has 3 amide bonds. The van der Waals surface area contributed by atoms with Gasteiger partial charge >= 0.3 is 5.97 Å². The van der Waals surface area contributed by atoms with E-state index in [1.54, 1.807) is 24.3 Å². The predicted octanol–water partition coefficient (Wildman–Crippen LogP) is 3.43. The monoisotopic (exact) mass is 516 g/mol. The first kappa shape index (κ1) is 23.6. The van der Waals surface area contributed by atoms with Crippen LogP contribution in [0.5, 0.6) is 11.5 Å². The van der Waals surface area contributed by atoms with E-state index < -0.39 is 48.7 Å². The molecular weight excluding hydrogens is 495 g/mol. The largest absolute Gasteiger partial charge is 0.457 e. The van der Waals surface area contributed by atoms with E-state index in [4.69, 9.17) is 32.7 Å². The first-order valence-electron chi connectivity index (χ1n) is 11.3. The minimum Gasteiger partial charge on any atom is -0.457 e. The number of nitrogens with one attached hydrogen (secondary N) is 1. The molecule has 6 atom stereocenters. The number of imide groups is 1. The lowest BCUT2D eigenvalue weighted by atomic mass is 9.80. The number of esters is 1. The fraction of sp³-hybridized carbons (Fsp3) is 0.360.